The number of carbonyl (C=O) groups is 1. The zero-order chi connectivity index (χ0) is 14.2. The third-order valence-electron chi connectivity index (χ3n) is 2.15. The smallest absolute Gasteiger partial charge is 0.294 e. The molecule has 0 amide bonds. The number of benzene rings is 1. The highest BCUT2D eigenvalue weighted by Crippen LogP contribution is 2.37. The molecule has 0 fully saturated rings. The number of hydrogen-bond acceptors (Lipinski definition) is 1. The summed E-state index contributed by atoms with van der Waals surface area (Å²) in [6.45, 7) is 1.13. The van der Waals surface area contributed by atoms with Crippen molar-refractivity contribution in [3.63, 3.8) is 0 Å². The summed E-state index contributed by atoms with van der Waals surface area (Å²) in [4.78, 5) is 11.0. The summed E-state index contributed by atoms with van der Waals surface area (Å²) in [5, 5.41) is 0. The number of halogens is 7. The van der Waals surface area contributed by atoms with E-state index in [0.717, 1.165) is 6.92 Å². The van der Waals surface area contributed by atoms with Crippen molar-refractivity contribution in [3.05, 3.63) is 34.4 Å². The van der Waals surface area contributed by atoms with Crippen LogP contribution in [0.5, 0.6) is 0 Å². The van der Waals surface area contributed by atoms with Crippen molar-refractivity contribution in [2.45, 2.75) is 19.5 Å². The Bertz CT molecular complexity index is 475. The lowest BCUT2D eigenvalue weighted by atomic mass is 10.0. The summed E-state index contributed by atoms with van der Waals surface area (Å²) in [5.41, 5.74) is -4.33. The number of hydrogen-bond donors (Lipinski definition) is 0. The number of rotatable bonds is 2. The van der Waals surface area contributed by atoms with Crippen LogP contribution in [-0.4, -0.2) is 5.78 Å². The number of alkyl halides is 3. The van der Waals surface area contributed by atoms with Crippen molar-refractivity contribution < 1.29 is 35.5 Å². The monoisotopic (exact) mass is 274 g/mol. The fraction of sp³-hybridized carbons (Fsp3) is 0.300. The van der Waals surface area contributed by atoms with Crippen molar-refractivity contribution in [3.8, 4) is 0 Å². The van der Waals surface area contributed by atoms with Crippen molar-refractivity contribution in [1.82, 2.24) is 0 Å². The van der Waals surface area contributed by atoms with Crippen LogP contribution in [0.1, 0.15) is 29.3 Å². The van der Waals surface area contributed by atoms with Gasteiger partial charge in [0.15, 0.2) is 29.1 Å². The first-order valence-electron chi connectivity index (χ1n) is 4.59. The lowest BCUT2D eigenvalue weighted by molar-refractivity contribution is -0.143. The van der Waals surface area contributed by atoms with Crippen molar-refractivity contribution >= 4 is 5.78 Å². The second-order valence-electron chi connectivity index (χ2n) is 3.28. The Morgan fingerprint density at radius 3 is 1.61 bits per heavy atom. The highest BCUT2D eigenvalue weighted by molar-refractivity contribution is 5.96. The number of Topliss-reactive ketones (excluding diaryl/α,β-unsaturated/α-hetero) is 1. The van der Waals surface area contributed by atoms with E-state index in [1.54, 1.807) is 0 Å². The summed E-state index contributed by atoms with van der Waals surface area (Å²) < 4.78 is 89.0. The fourth-order valence-electron chi connectivity index (χ4n) is 1.30. The van der Waals surface area contributed by atoms with Gasteiger partial charge in [-0.1, -0.05) is 6.92 Å². The Morgan fingerprint density at radius 1 is 0.944 bits per heavy atom. The van der Waals surface area contributed by atoms with Gasteiger partial charge in [-0.25, -0.2) is 17.6 Å². The van der Waals surface area contributed by atoms with Crippen LogP contribution >= 0.6 is 0 Å². The largest absolute Gasteiger partial charge is 0.422 e. The summed E-state index contributed by atoms with van der Waals surface area (Å²) in [6.07, 6.45) is -6.12. The predicted molar refractivity (Wildman–Crippen MR) is 45.9 cm³/mol. The first-order valence-corrected chi connectivity index (χ1v) is 4.59. The van der Waals surface area contributed by atoms with Gasteiger partial charge in [-0.2, -0.15) is 13.2 Å². The van der Waals surface area contributed by atoms with Gasteiger partial charge in [-0.05, 0) is 0 Å². The van der Waals surface area contributed by atoms with E-state index in [9.17, 15) is 35.5 Å². The first-order chi connectivity index (χ1) is 8.12. The molecule has 0 heterocycles. The number of ketones is 1. The zero-order valence-corrected chi connectivity index (χ0v) is 8.76. The molecule has 0 spiro atoms. The Kier molecular flexibility index (Phi) is 3.68. The Hall–Kier alpha value is -1.60. The molecule has 0 saturated carbocycles. The van der Waals surface area contributed by atoms with Gasteiger partial charge >= 0.3 is 6.18 Å². The second-order valence-corrected chi connectivity index (χ2v) is 3.28. The molecule has 0 N–H and O–H groups in total. The molecule has 1 aromatic rings. The van der Waals surface area contributed by atoms with Crippen LogP contribution in [0, 0.1) is 23.3 Å². The van der Waals surface area contributed by atoms with E-state index in [0.29, 0.717) is 0 Å². The summed E-state index contributed by atoms with van der Waals surface area (Å²) >= 11 is 0. The highest BCUT2D eigenvalue weighted by atomic mass is 19.4. The molecule has 1 aromatic carbocycles. The number of carbonyl (C=O) groups excluding carboxylic acids is 1. The highest BCUT2D eigenvalue weighted by Gasteiger charge is 2.42. The van der Waals surface area contributed by atoms with E-state index in [2.05, 4.69) is 0 Å². The quantitative estimate of drug-likeness (QED) is 0.454. The standard InChI is InChI=1S/C10H5F7O/c1-2-3(18)4-6(11)8(13)5(10(15,16)17)9(14)7(4)12/h2H2,1H3. The van der Waals surface area contributed by atoms with Gasteiger partial charge in [-0.15, -0.1) is 0 Å². The molecule has 0 saturated heterocycles. The molecular weight excluding hydrogens is 269 g/mol. The van der Waals surface area contributed by atoms with E-state index < -0.39 is 52.8 Å². The van der Waals surface area contributed by atoms with E-state index in [-0.39, 0.29) is 0 Å². The average molecular weight is 274 g/mol. The van der Waals surface area contributed by atoms with E-state index in [1.807, 2.05) is 0 Å². The molecule has 8 heteroatoms. The molecule has 0 aliphatic heterocycles. The summed E-state index contributed by atoms with van der Waals surface area (Å²) in [7, 11) is 0. The van der Waals surface area contributed by atoms with Gasteiger partial charge in [0.25, 0.3) is 0 Å². The maximum Gasteiger partial charge on any atom is 0.422 e. The van der Waals surface area contributed by atoms with Crippen LogP contribution in [0.2, 0.25) is 0 Å². The predicted octanol–water partition coefficient (Wildman–Crippen LogP) is 3.85. The zero-order valence-electron chi connectivity index (χ0n) is 8.76. The first kappa shape index (κ1) is 14.5. The van der Waals surface area contributed by atoms with Crippen LogP contribution < -0.4 is 0 Å². The second kappa shape index (κ2) is 4.58. The summed E-state index contributed by atoms with van der Waals surface area (Å²) in [5.74, 6) is -11.3. The lowest BCUT2D eigenvalue weighted by Crippen LogP contribution is -2.19. The van der Waals surface area contributed by atoms with Crippen LogP contribution in [-0.2, 0) is 6.18 Å². The van der Waals surface area contributed by atoms with Gasteiger partial charge in [0, 0.05) is 6.42 Å². The summed E-state index contributed by atoms with van der Waals surface area (Å²) in [6, 6.07) is 0. The minimum atomic E-state index is -5.61. The average Bonchev–Trinajstić information content (AvgIpc) is 2.24. The SMILES string of the molecule is CCC(=O)c1c(F)c(F)c(C(F)(F)F)c(F)c1F. The topological polar surface area (TPSA) is 17.1 Å². The molecule has 0 unspecified atom stereocenters. The van der Waals surface area contributed by atoms with Crippen LogP contribution in [0.25, 0.3) is 0 Å². The van der Waals surface area contributed by atoms with Gasteiger partial charge in [0.2, 0.25) is 0 Å². The third kappa shape index (κ3) is 2.19. The molecule has 0 radical (unpaired) electrons. The van der Waals surface area contributed by atoms with Gasteiger partial charge in [0.1, 0.15) is 5.56 Å². The van der Waals surface area contributed by atoms with Gasteiger partial charge in [0.05, 0.1) is 5.56 Å². The van der Waals surface area contributed by atoms with Gasteiger partial charge in [-0.3, -0.25) is 4.79 Å². The fourth-order valence-corrected chi connectivity index (χ4v) is 1.30. The Morgan fingerprint density at radius 2 is 1.33 bits per heavy atom. The van der Waals surface area contributed by atoms with E-state index in [4.69, 9.17) is 0 Å². The van der Waals surface area contributed by atoms with Crippen LogP contribution in [0.3, 0.4) is 0 Å². The molecule has 1 nitrogen and oxygen atoms in total. The van der Waals surface area contributed by atoms with Crippen molar-refractivity contribution in [2.24, 2.45) is 0 Å². The Labute approximate surface area is 96.2 Å². The molecule has 0 aromatic heterocycles. The third-order valence-corrected chi connectivity index (χ3v) is 2.15. The normalized spacial score (nSPS) is 11.8. The molecule has 0 aliphatic carbocycles. The molecule has 0 atom stereocenters. The molecule has 0 bridgehead atoms. The van der Waals surface area contributed by atoms with Crippen molar-refractivity contribution in [2.75, 3.05) is 0 Å². The van der Waals surface area contributed by atoms with Crippen molar-refractivity contribution in [1.29, 1.82) is 0 Å². The minimum absolute atomic E-state index is 0.516. The maximum atomic E-state index is 13.2. The lowest BCUT2D eigenvalue weighted by Gasteiger charge is -2.13. The molecule has 0 aliphatic rings. The molecular formula is C10H5F7O. The van der Waals surface area contributed by atoms with E-state index in [1.165, 1.54) is 0 Å². The van der Waals surface area contributed by atoms with Crippen LogP contribution in [0.15, 0.2) is 0 Å². The maximum absolute atomic E-state index is 13.2. The Balaban J connectivity index is 3.72. The van der Waals surface area contributed by atoms with Gasteiger partial charge < -0.3 is 0 Å². The molecule has 100 valence electrons. The molecule has 18 heavy (non-hydrogen) atoms. The molecule has 1 rings (SSSR count). The van der Waals surface area contributed by atoms with E-state index >= 15 is 0 Å². The van der Waals surface area contributed by atoms with Crippen LogP contribution in [0.4, 0.5) is 30.7 Å². The minimum Gasteiger partial charge on any atom is -0.294 e.